The molecule has 1 rings (SSSR count). The number of carbonyl (C=O) groups excluding carboxylic acids is 1. The fourth-order valence-corrected chi connectivity index (χ4v) is 1.16. The van der Waals surface area contributed by atoms with Crippen LogP contribution < -0.4 is 5.32 Å². The molecule has 4 nitrogen and oxygen atoms in total. The lowest BCUT2D eigenvalue weighted by Crippen LogP contribution is -2.36. The van der Waals surface area contributed by atoms with Crippen LogP contribution in [-0.4, -0.2) is 23.7 Å². The zero-order valence-corrected chi connectivity index (χ0v) is 8.41. The van der Waals surface area contributed by atoms with E-state index in [2.05, 4.69) is 5.32 Å². The van der Waals surface area contributed by atoms with Crippen LogP contribution in [0.15, 0.2) is 16.7 Å². The first-order valence-corrected chi connectivity index (χ1v) is 4.64. The van der Waals surface area contributed by atoms with E-state index in [1.807, 2.05) is 6.92 Å². The first kappa shape index (κ1) is 10.8. The Morgan fingerprint density at radius 1 is 1.71 bits per heavy atom. The van der Waals surface area contributed by atoms with E-state index >= 15 is 0 Å². The molecule has 0 bridgehead atoms. The van der Waals surface area contributed by atoms with Crippen LogP contribution in [-0.2, 0) is 0 Å². The minimum atomic E-state index is -0.197. The second-order valence-corrected chi connectivity index (χ2v) is 3.15. The van der Waals surface area contributed by atoms with Gasteiger partial charge in [-0.1, -0.05) is 6.92 Å². The summed E-state index contributed by atoms with van der Waals surface area (Å²) >= 11 is 0. The van der Waals surface area contributed by atoms with Gasteiger partial charge >= 0.3 is 0 Å². The van der Waals surface area contributed by atoms with Gasteiger partial charge in [-0.05, 0) is 19.4 Å². The van der Waals surface area contributed by atoms with Crippen LogP contribution in [0.5, 0.6) is 0 Å². The topological polar surface area (TPSA) is 62.5 Å². The molecule has 0 aliphatic rings. The summed E-state index contributed by atoms with van der Waals surface area (Å²) < 4.78 is 5.01. The van der Waals surface area contributed by atoms with E-state index < -0.39 is 0 Å². The zero-order chi connectivity index (χ0) is 10.6. The third kappa shape index (κ3) is 2.35. The maximum atomic E-state index is 11.6. The number of aryl methyl sites for hydroxylation is 1. The second-order valence-electron chi connectivity index (χ2n) is 3.15. The van der Waals surface area contributed by atoms with E-state index in [0.717, 1.165) is 0 Å². The fourth-order valence-electron chi connectivity index (χ4n) is 1.16. The molecule has 1 aromatic rings. The first-order chi connectivity index (χ1) is 6.69. The van der Waals surface area contributed by atoms with Crippen LogP contribution in [0.3, 0.4) is 0 Å². The minimum absolute atomic E-state index is 0.0425. The van der Waals surface area contributed by atoms with Gasteiger partial charge in [0, 0.05) is 0 Å². The van der Waals surface area contributed by atoms with Gasteiger partial charge in [-0.3, -0.25) is 4.79 Å². The third-order valence-corrected chi connectivity index (χ3v) is 2.15. The Kier molecular flexibility index (Phi) is 3.71. The molecule has 1 aromatic heterocycles. The van der Waals surface area contributed by atoms with Crippen molar-refractivity contribution in [2.24, 2.45) is 0 Å². The highest BCUT2D eigenvalue weighted by Crippen LogP contribution is 2.08. The van der Waals surface area contributed by atoms with Gasteiger partial charge in [-0.25, -0.2) is 0 Å². The maximum absolute atomic E-state index is 11.6. The molecule has 2 N–H and O–H groups in total. The van der Waals surface area contributed by atoms with E-state index in [1.54, 1.807) is 13.0 Å². The van der Waals surface area contributed by atoms with Crippen molar-refractivity contribution in [3.63, 3.8) is 0 Å². The second kappa shape index (κ2) is 4.81. The molecule has 0 spiro atoms. The van der Waals surface area contributed by atoms with E-state index in [1.165, 1.54) is 6.26 Å². The average Bonchev–Trinajstić information content (AvgIpc) is 2.60. The molecular formula is C10H15NO3. The smallest absolute Gasteiger partial charge is 0.255 e. The van der Waals surface area contributed by atoms with Gasteiger partial charge in [0.2, 0.25) is 0 Å². The predicted molar refractivity (Wildman–Crippen MR) is 52.1 cm³/mol. The number of carbonyl (C=O) groups is 1. The normalized spacial score (nSPS) is 12.5. The molecule has 0 aliphatic carbocycles. The Bertz CT molecular complexity index is 302. The Morgan fingerprint density at radius 3 is 2.86 bits per heavy atom. The molecule has 4 heteroatoms. The molecule has 78 valence electrons. The summed E-state index contributed by atoms with van der Waals surface area (Å²) in [6, 6.07) is 1.44. The highest BCUT2D eigenvalue weighted by atomic mass is 16.3. The number of aliphatic hydroxyl groups is 1. The standard InChI is InChI=1S/C10H15NO3/c1-3-8(6-12)11-10(13)9-4-5-14-7(9)2/h4-5,8,12H,3,6H2,1-2H3,(H,11,13)/t8-/m0/s1. The Balaban J connectivity index is 2.63. The van der Waals surface area contributed by atoms with Crippen molar-refractivity contribution in [2.75, 3.05) is 6.61 Å². The number of aliphatic hydroxyl groups excluding tert-OH is 1. The van der Waals surface area contributed by atoms with Crippen molar-refractivity contribution in [1.29, 1.82) is 0 Å². The lowest BCUT2D eigenvalue weighted by atomic mass is 10.2. The summed E-state index contributed by atoms with van der Waals surface area (Å²) in [6.07, 6.45) is 2.18. The van der Waals surface area contributed by atoms with Crippen LogP contribution in [0.2, 0.25) is 0 Å². The molecule has 0 saturated heterocycles. The molecule has 14 heavy (non-hydrogen) atoms. The molecule has 0 unspecified atom stereocenters. The monoisotopic (exact) mass is 197 g/mol. The number of nitrogens with one attached hydrogen (secondary N) is 1. The number of furan rings is 1. The maximum Gasteiger partial charge on any atom is 0.255 e. The zero-order valence-electron chi connectivity index (χ0n) is 8.41. The summed E-state index contributed by atoms with van der Waals surface area (Å²) in [5.74, 6) is 0.396. The molecular weight excluding hydrogens is 182 g/mol. The van der Waals surface area contributed by atoms with Crippen molar-refractivity contribution in [2.45, 2.75) is 26.3 Å². The minimum Gasteiger partial charge on any atom is -0.469 e. The average molecular weight is 197 g/mol. The lowest BCUT2D eigenvalue weighted by molar-refractivity contribution is 0.0913. The van der Waals surface area contributed by atoms with Crippen molar-refractivity contribution in [3.05, 3.63) is 23.7 Å². The van der Waals surface area contributed by atoms with Gasteiger partial charge in [0.25, 0.3) is 5.91 Å². The van der Waals surface area contributed by atoms with Gasteiger partial charge in [0.15, 0.2) is 0 Å². The van der Waals surface area contributed by atoms with E-state index in [-0.39, 0.29) is 18.6 Å². The predicted octanol–water partition coefficient (Wildman–Crippen LogP) is 1.09. The number of hydrogen-bond acceptors (Lipinski definition) is 3. The van der Waals surface area contributed by atoms with Crippen LogP contribution >= 0.6 is 0 Å². The lowest BCUT2D eigenvalue weighted by Gasteiger charge is -2.13. The van der Waals surface area contributed by atoms with Gasteiger partial charge in [-0.15, -0.1) is 0 Å². The summed E-state index contributed by atoms with van der Waals surface area (Å²) in [7, 11) is 0. The summed E-state index contributed by atoms with van der Waals surface area (Å²) in [4.78, 5) is 11.6. The molecule has 1 atom stereocenters. The molecule has 0 aliphatic heterocycles. The summed E-state index contributed by atoms with van der Waals surface area (Å²) in [5, 5.41) is 11.6. The number of rotatable bonds is 4. The number of amides is 1. The van der Waals surface area contributed by atoms with Crippen LogP contribution in [0.25, 0.3) is 0 Å². The van der Waals surface area contributed by atoms with Crippen molar-refractivity contribution < 1.29 is 14.3 Å². The Hall–Kier alpha value is -1.29. The van der Waals surface area contributed by atoms with Crippen LogP contribution in [0.1, 0.15) is 29.5 Å². The van der Waals surface area contributed by atoms with Gasteiger partial charge in [-0.2, -0.15) is 0 Å². The quantitative estimate of drug-likeness (QED) is 0.759. The SMILES string of the molecule is CC[C@@H](CO)NC(=O)c1ccoc1C. The van der Waals surface area contributed by atoms with E-state index in [9.17, 15) is 4.79 Å². The highest BCUT2D eigenvalue weighted by molar-refractivity contribution is 5.95. The van der Waals surface area contributed by atoms with Crippen molar-refractivity contribution in [1.82, 2.24) is 5.32 Å². The molecule has 1 amide bonds. The van der Waals surface area contributed by atoms with Crippen LogP contribution in [0.4, 0.5) is 0 Å². The van der Waals surface area contributed by atoms with Gasteiger partial charge in [0.1, 0.15) is 5.76 Å². The van der Waals surface area contributed by atoms with Crippen molar-refractivity contribution >= 4 is 5.91 Å². The molecule has 0 fully saturated rings. The summed E-state index contributed by atoms with van der Waals surface area (Å²) in [6.45, 7) is 3.59. The molecule has 1 heterocycles. The Morgan fingerprint density at radius 2 is 2.43 bits per heavy atom. The highest BCUT2D eigenvalue weighted by Gasteiger charge is 2.14. The Labute approximate surface area is 82.9 Å². The van der Waals surface area contributed by atoms with Crippen LogP contribution in [0, 0.1) is 6.92 Å². The molecule has 0 radical (unpaired) electrons. The number of hydrogen-bond donors (Lipinski definition) is 2. The third-order valence-electron chi connectivity index (χ3n) is 2.15. The van der Waals surface area contributed by atoms with E-state index in [0.29, 0.717) is 17.7 Å². The fraction of sp³-hybridized carbons (Fsp3) is 0.500. The largest absolute Gasteiger partial charge is 0.469 e. The van der Waals surface area contributed by atoms with Gasteiger partial charge < -0.3 is 14.8 Å². The molecule has 0 aromatic carbocycles. The van der Waals surface area contributed by atoms with Gasteiger partial charge in [0.05, 0.1) is 24.5 Å². The molecule has 0 saturated carbocycles. The first-order valence-electron chi connectivity index (χ1n) is 4.64. The summed E-state index contributed by atoms with van der Waals surface area (Å²) in [5.41, 5.74) is 0.525. The van der Waals surface area contributed by atoms with E-state index in [4.69, 9.17) is 9.52 Å². The van der Waals surface area contributed by atoms with Crippen molar-refractivity contribution in [3.8, 4) is 0 Å².